The minimum atomic E-state index is -1.09. The fourth-order valence-corrected chi connectivity index (χ4v) is 2.36. The minimum absolute atomic E-state index is 0.125. The Bertz CT molecular complexity index is 581. The van der Waals surface area contributed by atoms with Gasteiger partial charge in [0.2, 0.25) is 5.91 Å². The van der Waals surface area contributed by atoms with E-state index in [1.165, 1.54) is 6.07 Å². The second-order valence-corrected chi connectivity index (χ2v) is 6.22. The normalized spacial score (nSPS) is 11.9. The Morgan fingerprint density at radius 3 is 2.39 bits per heavy atom. The molecule has 1 aromatic rings. The second kappa shape index (κ2) is 8.53. The molecule has 0 fully saturated rings. The molecule has 0 aliphatic rings. The number of carboxylic acids is 1. The summed E-state index contributed by atoms with van der Waals surface area (Å²) in [5.74, 6) is -1.96. The minimum Gasteiger partial charge on any atom is -0.480 e. The Labute approximate surface area is 140 Å². The van der Waals surface area contributed by atoms with Crippen LogP contribution in [0.15, 0.2) is 18.2 Å². The van der Waals surface area contributed by atoms with E-state index in [4.69, 9.17) is 16.7 Å². The molecule has 2 amide bonds. The van der Waals surface area contributed by atoms with Crippen molar-refractivity contribution >= 4 is 29.4 Å². The Morgan fingerprint density at radius 2 is 1.87 bits per heavy atom. The molecule has 0 saturated heterocycles. The van der Waals surface area contributed by atoms with Crippen molar-refractivity contribution in [3.63, 3.8) is 0 Å². The van der Waals surface area contributed by atoms with Gasteiger partial charge in [0.25, 0.3) is 5.91 Å². The summed E-state index contributed by atoms with van der Waals surface area (Å²) in [5.41, 5.74) is 1.18. The van der Waals surface area contributed by atoms with E-state index in [1.54, 1.807) is 19.1 Å². The van der Waals surface area contributed by atoms with E-state index in [-0.39, 0.29) is 12.5 Å². The van der Waals surface area contributed by atoms with Gasteiger partial charge in [-0.1, -0.05) is 25.4 Å². The highest BCUT2D eigenvalue weighted by atomic mass is 35.5. The van der Waals surface area contributed by atoms with Gasteiger partial charge in [-0.2, -0.15) is 0 Å². The number of hydrogen-bond donors (Lipinski definition) is 3. The number of carbonyl (C=O) groups is 3. The zero-order valence-corrected chi connectivity index (χ0v) is 14.1. The van der Waals surface area contributed by atoms with Crippen molar-refractivity contribution in [3.05, 3.63) is 34.3 Å². The van der Waals surface area contributed by atoms with E-state index >= 15 is 0 Å². The van der Waals surface area contributed by atoms with E-state index in [0.717, 1.165) is 5.56 Å². The lowest BCUT2D eigenvalue weighted by molar-refractivity contribution is -0.142. The molecule has 23 heavy (non-hydrogen) atoms. The summed E-state index contributed by atoms with van der Waals surface area (Å²) in [4.78, 5) is 34.9. The number of hydrogen-bond acceptors (Lipinski definition) is 3. The summed E-state index contributed by atoms with van der Waals surface area (Å²) >= 11 is 5.88. The van der Waals surface area contributed by atoms with Crippen LogP contribution in [-0.4, -0.2) is 35.5 Å². The first kappa shape index (κ1) is 19.0. The van der Waals surface area contributed by atoms with E-state index in [9.17, 15) is 14.4 Å². The Balaban J connectivity index is 2.57. The van der Waals surface area contributed by atoms with Crippen LogP contribution in [-0.2, 0) is 9.59 Å². The van der Waals surface area contributed by atoms with Crippen LogP contribution in [0.3, 0.4) is 0 Å². The van der Waals surface area contributed by atoms with Crippen molar-refractivity contribution in [2.24, 2.45) is 5.92 Å². The van der Waals surface area contributed by atoms with Gasteiger partial charge in [0.05, 0.1) is 6.54 Å². The summed E-state index contributed by atoms with van der Waals surface area (Å²) < 4.78 is 0. The third-order valence-electron chi connectivity index (χ3n) is 3.05. The summed E-state index contributed by atoms with van der Waals surface area (Å²) in [6, 6.07) is 3.90. The molecular weight excluding hydrogens is 320 g/mol. The standard InChI is InChI=1S/C16H21ClN2O4/c1-9(2)4-13(16(22)23)19-14(20)8-18-15(21)11-5-10(3)6-12(17)7-11/h5-7,9,13H,4,8H2,1-3H3,(H,18,21)(H,19,20)(H,22,23)/t13-/m0/s1. The zero-order chi connectivity index (χ0) is 17.6. The molecule has 0 saturated carbocycles. The van der Waals surface area contributed by atoms with Gasteiger partial charge >= 0.3 is 5.97 Å². The molecule has 7 heteroatoms. The van der Waals surface area contributed by atoms with Crippen molar-refractivity contribution in [2.75, 3.05) is 6.54 Å². The fourth-order valence-electron chi connectivity index (χ4n) is 2.07. The van der Waals surface area contributed by atoms with Crippen LogP contribution >= 0.6 is 11.6 Å². The number of carbonyl (C=O) groups excluding carboxylic acids is 2. The predicted octanol–water partition coefficient (Wildman–Crippen LogP) is 1.99. The van der Waals surface area contributed by atoms with Crippen LogP contribution in [0.2, 0.25) is 5.02 Å². The molecule has 0 spiro atoms. The number of rotatable bonds is 7. The predicted molar refractivity (Wildman–Crippen MR) is 87.5 cm³/mol. The van der Waals surface area contributed by atoms with Crippen LogP contribution in [0, 0.1) is 12.8 Å². The molecule has 0 unspecified atom stereocenters. The van der Waals surface area contributed by atoms with Gasteiger partial charge in [0.15, 0.2) is 0 Å². The third-order valence-corrected chi connectivity index (χ3v) is 3.27. The lowest BCUT2D eigenvalue weighted by Crippen LogP contribution is -2.46. The van der Waals surface area contributed by atoms with Crippen LogP contribution in [0.1, 0.15) is 36.2 Å². The van der Waals surface area contributed by atoms with Crippen LogP contribution in [0.25, 0.3) is 0 Å². The molecular formula is C16H21ClN2O4. The fraction of sp³-hybridized carbons (Fsp3) is 0.438. The average Bonchev–Trinajstić information content (AvgIpc) is 2.42. The molecule has 0 aromatic heterocycles. The Morgan fingerprint density at radius 1 is 1.22 bits per heavy atom. The van der Waals surface area contributed by atoms with Crippen molar-refractivity contribution < 1.29 is 19.5 Å². The molecule has 0 bridgehead atoms. The highest BCUT2D eigenvalue weighted by Crippen LogP contribution is 2.14. The lowest BCUT2D eigenvalue weighted by Gasteiger charge is -2.16. The van der Waals surface area contributed by atoms with E-state index in [0.29, 0.717) is 17.0 Å². The number of halogens is 1. The number of carboxylic acid groups (broad SMARTS) is 1. The maximum absolute atomic E-state index is 12.0. The Hall–Kier alpha value is -2.08. The lowest BCUT2D eigenvalue weighted by atomic mass is 10.0. The molecule has 126 valence electrons. The first-order chi connectivity index (χ1) is 10.7. The molecule has 1 aromatic carbocycles. The van der Waals surface area contributed by atoms with Gasteiger partial charge in [-0.15, -0.1) is 0 Å². The zero-order valence-electron chi connectivity index (χ0n) is 13.4. The molecule has 0 heterocycles. The van der Waals surface area contributed by atoms with Gasteiger partial charge in [0.1, 0.15) is 6.04 Å². The number of aryl methyl sites for hydroxylation is 1. The SMILES string of the molecule is Cc1cc(Cl)cc(C(=O)NCC(=O)N[C@@H](CC(C)C)C(=O)O)c1. The monoisotopic (exact) mass is 340 g/mol. The first-order valence-corrected chi connectivity index (χ1v) is 7.64. The summed E-state index contributed by atoms with van der Waals surface area (Å²) in [5, 5.41) is 14.3. The van der Waals surface area contributed by atoms with Crippen molar-refractivity contribution in [1.82, 2.24) is 10.6 Å². The van der Waals surface area contributed by atoms with E-state index in [2.05, 4.69) is 10.6 Å². The number of nitrogens with one attached hydrogen (secondary N) is 2. The van der Waals surface area contributed by atoms with Gasteiger partial charge in [-0.05, 0) is 43.0 Å². The number of amides is 2. The van der Waals surface area contributed by atoms with Gasteiger partial charge in [-0.25, -0.2) is 4.79 Å². The smallest absolute Gasteiger partial charge is 0.326 e. The third kappa shape index (κ3) is 6.69. The van der Waals surface area contributed by atoms with Gasteiger partial charge < -0.3 is 15.7 Å². The van der Waals surface area contributed by atoms with Gasteiger partial charge in [0, 0.05) is 10.6 Å². The van der Waals surface area contributed by atoms with Crippen LogP contribution < -0.4 is 10.6 Å². The van der Waals surface area contributed by atoms with Crippen molar-refractivity contribution in [1.29, 1.82) is 0 Å². The maximum atomic E-state index is 12.0. The maximum Gasteiger partial charge on any atom is 0.326 e. The quantitative estimate of drug-likeness (QED) is 0.707. The average molecular weight is 341 g/mol. The van der Waals surface area contributed by atoms with Gasteiger partial charge in [-0.3, -0.25) is 9.59 Å². The summed E-state index contributed by atoms with van der Waals surface area (Å²) in [6.45, 7) is 5.24. The topological polar surface area (TPSA) is 95.5 Å². The molecule has 3 N–H and O–H groups in total. The highest BCUT2D eigenvalue weighted by Gasteiger charge is 2.21. The highest BCUT2D eigenvalue weighted by molar-refractivity contribution is 6.31. The van der Waals surface area contributed by atoms with Crippen LogP contribution in [0.5, 0.6) is 0 Å². The first-order valence-electron chi connectivity index (χ1n) is 7.26. The number of benzene rings is 1. The van der Waals surface area contributed by atoms with E-state index in [1.807, 2.05) is 13.8 Å². The van der Waals surface area contributed by atoms with Crippen molar-refractivity contribution in [2.45, 2.75) is 33.2 Å². The summed E-state index contributed by atoms with van der Waals surface area (Å²) in [7, 11) is 0. The molecule has 6 nitrogen and oxygen atoms in total. The second-order valence-electron chi connectivity index (χ2n) is 5.79. The molecule has 0 aliphatic heterocycles. The van der Waals surface area contributed by atoms with E-state index < -0.39 is 23.8 Å². The molecule has 0 radical (unpaired) electrons. The van der Waals surface area contributed by atoms with Crippen molar-refractivity contribution in [3.8, 4) is 0 Å². The molecule has 1 atom stereocenters. The number of aliphatic carboxylic acids is 1. The summed E-state index contributed by atoms with van der Waals surface area (Å²) in [6.07, 6.45) is 0.322. The molecule has 0 aliphatic carbocycles. The molecule has 1 rings (SSSR count). The van der Waals surface area contributed by atoms with Crippen LogP contribution in [0.4, 0.5) is 0 Å². The largest absolute Gasteiger partial charge is 0.480 e. The Kier molecular flexibility index (Phi) is 7.03.